The molecule has 0 spiro atoms. The van der Waals surface area contributed by atoms with Crippen molar-refractivity contribution >= 4 is 0 Å². The van der Waals surface area contributed by atoms with Crippen molar-refractivity contribution < 1.29 is 4.74 Å². The molecule has 122 valence electrons. The Morgan fingerprint density at radius 3 is 2.57 bits per heavy atom. The molecule has 1 saturated heterocycles. The molecule has 0 bridgehead atoms. The van der Waals surface area contributed by atoms with Crippen molar-refractivity contribution in [1.29, 1.82) is 0 Å². The smallest absolute Gasteiger partial charge is 0.0593 e. The zero-order valence-electron chi connectivity index (χ0n) is 14.1. The number of nitrogens with zero attached hydrogens (tertiary/aromatic N) is 1. The fourth-order valence-electron chi connectivity index (χ4n) is 4.61. The first-order valence-corrected chi connectivity index (χ1v) is 9.30. The predicted molar refractivity (Wildman–Crippen MR) is 87.6 cm³/mol. The van der Waals surface area contributed by atoms with Gasteiger partial charge in [-0.15, -0.1) is 0 Å². The number of ether oxygens (including phenoxy) is 1. The lowest BCUT2D eigenvalue weighted by Gasteiger charge is -2.49. The summed E-state index contributed by atoms with van der Waals surface area (Å²) in [4.78, 5) is 2.78. The number of rotatable bonds is 6. The lowest BCUT2D eigenvalue weighted by Crippen LogP contribution is -2.66. The minimum atomic E-state index is 0.359. The van der Waals surface area contributed by atoms with Gasteiger partial charge in [-0.2, -0.15) is 0 Å². The second-order valence-electron chi connectivity index (χ2n) is 7.71. The molecule has 0 aromatic carbocycles. The first kappa shape index (κ1) is 15.8. The fourth-order valence-corrected chi connectivity index (χ4v) is 4.61. The SMILES string of the molecule is CCOCCN1CC(C)(C2CC2)NCC1C1CCCCC1. The Balaban J connectivity index is 1.62. The predicted octanol–water partition coefficient (Wildman–Crippen LogP) is 3.05. The van der Waals surface area contributed by atoms with Crippen molar-refractivity contribution in [3.63, 3.8) is 0 Å². The summed E-state index contributed by atoms with van der Waals surface area (Å²) in [6.45, 7) is 9.86. The first-order valence-electron chi connectivity index (χ1n) is 9.30. The van der Waals surface area contributed by atoms with Crippen LogP contribution >= 0.6 is 0 Å². The summed E-state index contributed by atoms with van der Waals surface area (Å²) in [6, 6.07) is 0.748. The van der Waals surface area contributed by atoms with E-state index in [0.717, 1.165) is 37.6 Å². The van der Waals surface area contributed by atoms with Crippen LogP contribution < -0.4 is 5.32 Å². The Labute approximate surface area is 130 Å². The van der Waals surface area contributed by atoms with Crippen LogP contribution in [0.4, 0.5) is 0 Å². The van der Waals surface area contributed by atoms with Crippen LogP contribution in [0.1, 0.15) is 58.8 Å². The van der Waals surface area contributed by atoms with E-state index in [1.165, 1.54) is 58.0 Å². The standard InChI is InChI=1S/C18H34N2O/c1-3-21-12-11-20-14-18(2,16-9-10-16)19-13-17(20)15-7-5-4-6-8-15/h15-17,19H,3-14H2,1-2H3. The highest BCUT2D eigenvalue weighted by Gasteiger charge is 2.47. The van der Waals surface area contributed by atoms with Gasteiger partial charge in [0, 0.05) is 37.8 Å². The van der Waals surface area contributed by atoms with Crippen LogP contribution in [0.2, 0.25) is 0 Å². The van der Waals surface area contributed by atoms with Gasteiger partial charge in [-0.3, -0.25) is 4.90 Å². The van der Waals surface area contributed by atoms with Gasteiger partial charge in [-0.05, 0) is 51.4 Å². The van der Waals surface area contributed by atoms with E-state index in [0.29, 0.717) is 5.54 Å². The quantitative estimate of drug-likeness (QED) is 0.762. The summed E-state index contributed by atoms with van der Waals surface area (Å²) < 4.78 is 5.65. The molecule has 3 rings (SSSR count). The minimum Gasteiger partial charge on any atom is -0.380 e. The van der Waals surface area contributed by atoms with Gasteiger partial charge in [-0.25, -0.2) is 0 Å². The lowest BCUT2D eigenvalue weighted by molar-refractivity contribution is 0.0119. The summed E-state index contributed by atoms with van der Waals surface area (Å²) in [5, 5.41) is 3.94. The van der Waals surface area contributed by atoms with E-state index >= 15 is 0 Å². The molecule has 1 N–H and O–H groups in total. The maximum atomic E-state index is 5.65. The second-order valence-corrected chi connectivity index (χ2v) is 7.71. The molecule has 3 nitrogen and oxygen atoms in total. The summed E-state index contributed by atoms with van der Waals surface area (Å²) >= 11 is 0. The highest BCUT2D eigenvalue weighted by molar-refractivity contribution is 5.05. The second kappa shape index (κ2) is 6.97. The average molecular weight is 294 g/mol. The van der Waals surface area contributed by atoms with Gasteiger partial charge in [0.2, 0.25) is 0 Å². The molecule has 3 fully saturated rings. The Morgan fingerprint density at radius 2 is 1.90 bits per heavy atom. The number of hydrogen-bond acceptors (Lipinski definition) is 3. The molecule has 1 aliphatic heterocycles. The number of nitrogens with one attached hydrogen (secondary N) is 1. The molecule has 2 unspecified atom stereocenters. The van der Waals surface area contributed by atoms with Gasteiger partial charge >= 0.3 is 0 Å². The van der Waals surface area contributed by atoms with Crippen LogP contribution in [0, 0.1) is 11.8 Å². The molecule has 2 saturated carbocycles. The minimum absolute atomic E-state index is 0.359. The highest BCUT2D eigenvalue weighted by Crippen LogP contribution is 2.42. The zero-order chi connectivity index (χ0) is 14.7. The van der Waals surface area contributed by atoms with Gasteiger partial charge in [0.15, 0.2) is 0 Å². The van der Waals surface area contributed by atoms with E-state index in [1.807, 2.05) is 0 Å². The van der Waals surface area contributed by atoms with E-state index in [-0.39, 0.29) is 0 Å². The normalized spacial score (nSPS) is 36.0. The lowest BCUT2D eigenvalue weighted by atomic mass is 9.80. The maximum absolute atomic E-state index is 5.65. The topological polar surface area (TPSA) is 24.5 Å². The van der Waals surface area contributed by atoms with Crippen LogP contribution in [0.25, 0.3) is 0 Å². The molecule has 2 aliphatic carbocycles. The van der Waals surface area contributed by atoms with E-state index in [9.17, 15) is 0 Å². The van der Waals surface area contributed by atoms with Crippen LogP contribution in [-0.2, 0) is 4.74 Å². The van der Waals surface area contributed by atoms with E-state index in [4.69, 9.17) is 4.74 Å². The Kier molecular flexibility index (Phi) is 5.23. The maximum Gasteiger partial charge on any atom is 0.0593 e. The molecular weight excluding hydrogens is 260 g/mol. The van der Waals surface area contributed by atoms with Gasteiger partial charge < -0.3 is 10.1 Å². The molecule has 1 heterocycles. The molecule has 0 aromatic heterocycles. The van der Waals surface area contributed by atoms with E-state index < -0.39 is 0 Å². The monoisotopic (exact) mass is 294 g/mol. The zero-order valence-corrected chi connectivity index (χ0v) is 14.1. The van der Waals surface area contributed by atoms with Gasteiger partial charge in [0.05, 0.1) is 6.61 Å². The first-order chi connectivity index (χ1) is 10.2. The Hall–Kier alpha value is -0.120. The number of piperazine rings is 1. The summed E-state index contributed by atoms with van der Waals surface area (Å²) in [7, 11) is 0. The fraction of sp³-hybridized carbons (Fsp3) is 1.00. The van der Waals surface area contributed by atoms with Crippen molar-refractivity contribution in [3.05, 3.63) is 0 Å². The van der Waals surface area contributed by atoms with E-state index in [1.54, 1.807) is 0 Å². The Bertz CT molecular complexity index is 325. The molecule has 3 heteroatoms. The average Bonchev–Trinajstić information content (AvgIpc) is 3.34. The summed E-state index contributed by atoms with van der Waals surface area (Å²) in [6.07, 6.45) is 10.1. The summed E-state index contributed by atoms with van der Waals surface area (Å²) in [5.74, 6) is 1.83. The molecular formula is C18H34N2O. The number of hydrogen-bond donors (Lipinski definition) is 1. The van der Waals surface area contributed by atoms with Gasteiger partial charge in [-0.1, -0.05) is 19.3 Å². The third kappa shape index (κ3) is 3.80. The van der Waals surface area contributed by atoms with Crippen molar-refractivity contribution in [3.8, 4) is 0 Å². The van der Waals surface area contributed by atoms with Crippen LogP contribution in [0.5, 0.6) is 0 Å². The molecule has 0 amide bonds. The van der Waals surface area contributed by atoms with E-state index in [2.05, 4.69) is 24.1 Å². The molecule has 21 heavy (non-hydrogen) atoms. The van der Waals surface area contributed by atoms with Crippen molar-refractivity contribution in [2.24, 2.45) is 11.8 Å². The highest BCUT2D eigenvalue weighted by atomic mass is 16.5. The largest absolute Gasteiger partial charge is 0.380 e. The van der Waals surface area contributed by atoms with Crippen molar-refractivity contribution in [2.45, 2.75) is 70.4 Å². The molecule has 2 atom stereocenters. The third-order valence-corrected chi connectivity index (χ3v) is 6.11. The molecule has 0 radical (unpaired) electrons. The van der Waals surface area contributed by atoms with Gasteiger partial charge in [0.25, 0.3) is 0 Å². The van der Waals surface area contributed by atoms with Crippen molar-refractivity contribution in [2.75, 3.05) is 32.8 Å². The third-order valence-electron chi connectivity index (χ3n) is 6.11. The summed E-state index contributed by atoms with van der Waals surface area (Å²) in [5.41, 5.74) is 0.359. The van der Waals surface area contributed by atoms with Gasteiger partial charge in [0.1, 0.15) is 0 Å². The van der Waals surface area contributed by atoms with Crippen LogP contribution in [-0.4, -0.2) is 49.3 Å². The molecule has 3 aliphatic rings. The molecule has 0 aromatic rings. The van der Waals surface area contributed by atoms with Crippen LogP contribution in [0.3, 0.4) is 0 Å². The Morgan fingerprint density at radius 1 is 1.14 bits per heavy atom. The van der Waals surface area contributed by atoms with Crippen molar-refractivity contribution in [1.82, 2.24) is 10.2 Å². The van der Waals surface area contributed by atoms with Crippen LogP contribution in [0.15, 0.2) is 0 Å².